The van der Waals surface area contributed by atoms with Gasteiger partial charge in [0, 0.05) is 16.9 Å². The minimum atomic E-state index is -0.500. The first-order chi connectivity index (χ1) is 12.0. The van der Waals surface area contributed by atoms with Crippen LogP contribution in [0, 0.1) is 5.82 Å². The smallest absolute Gasteiger partial charge is 0.308 e. The molecule has 0 spiro atoms. The molecule has 0 aliphatic rings. The lowest BCUT2D eigenvalue weighted by atomic mass is 10.2. The van der Waals surface area contributed by atoms with Crippen LogP contribution in [0.3, 0.4) is 0 Å². The summed E-state index contributed by atoms with van der Waals surface area (Å²) in [7, 11) is 0. The first-order valence-electron chi connectivity index (χ1n) is 7.30. The lowest BCUT2D eigenvalue weighted by molar-refractivity contribution is 0.262. The summed E-state index contributed by atoms with van der Waals surface area (Å²) in [6, 6.07) is 12.4. The van der Waals surface area contributed by atoms with Gasteiger partial charge in [-0.05, 0) is 35.9 Å². The van der Waals surface area contributed by atoms with Gasteiger partial charge in [-0.1, -0.05) is 41.4 Å². The Labute approximate surface area is 153 Å². The van der Waals surface area contributed by atoms with E-state index >= 15 is 0 Å². The zero-order valence-electron chi connectivity index (χ0n) is 12.8. The first-order valence-corrected chi connectivity index (χ1v) is 8.06. The average Bonchev–Trinajstić information content (AvgIpc) is 2.86. The maximum Gasteiger partial charge on any atom is 0.324 e. The molecule has 2 aromatic carbocycles. The van der Waals surface area contributed by atoms with Gasteiger partial charge in [0.15, 0.2) is 5.82 Å². The van der Waals surface area contributed by atoms with E-state index in [9.17, 15) is 9.18 Å². The molecule has 1 aromatic heterocycles. The van der Waals surface area contributed by atoms with Gasteiger partial charge >= 0.3 is 6.03 Å². The van der Waals surface area contributed by atoms with E-state index < -0.39 is 6.03 Å². The predicted molar refractivity (Wildman–Crippen MR) is 96.8 cm³/mol. The fourth-order valence-corrected chi connectivity index (χ4v) is 2.61. The molecule has 0 bridgehead atoms. The van der Waals surface area contributed by atoms with Crippen molar-refractivity contribution in [1.82, 2.24) is 9.78 Å². The van der Waals surface area contributed by atoms with E-state index in [1.54, 1.807) is 42.6 Å². The van der Waals surface area contributed by atoms with Crippen LogP contribution in [0.15, 0.2) is 54.7 Å². The van der Waals surface area contributed by atoms with Crippen LogP contribution < -0.4 is 10.6 Å². The fraction of sp³-hybridized carbons (Fsp3) is 0.0588. The number of aromatic nitrogens is 2. The molecular weight excluding hydrogens is 366 g/mol. The van der Waals surface area contributed by atoms with Gasteiger partial charge in [-0.2, -0.15) is 5.10 Å². The van der Waals surface area contributed by atoms with Crippen LogP contribution in [-0.2, 0) is 6.54 Å². The highest BCUT2D eigenvalue weighted by Gasteiger charge is 2.11. The Bertz CT molecular complexity index is 913. The van der Waals surface area contributed by atoms with E-state index in [2.05, 4.69) is 15.7 Å². The highest BCUT2D eigenvalue weighted by Crippen LogP contribution is 2.21. The largest absolute Gasteiger partial charge is 0.324 e. The number of carbonyl (C=O) groups is 1. The van der Waals surface area contributed by atoms with Gasteiger partial charge in [0.1, 0.15) is 10.8 Å². The number of carbonyl (C=O) groups excluding carboxylic acids is 1. The van der Waals surface area contributed by atoms with Crippen LogP contribution >= 0.6 is 23.2 Å². The Balaban J connectivity index is 1.67. The Hall–Kier alpha value is -2.57. The van der Waals surface area contributed by atoms with Crippen molar-refractivity contribution in [3.8, 4) is 0 Å². The molecule has 0 radical (unpaired) electrons. The van der Waals surface area contributed by atoms with Crippen LogP contribution in [-0.4, -0.2) is 15.8 Å². The highest BCUT2D eigenvalue weighted by molar-refractivity contribution is 6.33. The van der Waals surface area contributed by atoms with E-state index in [1.165, 1.54) is 16.8 Å². The van der Waals surface area contributed by atoms with Gasteiger partial charge < -0.3 is 5.32 Å². The second kappa shape index (κ2) is 7.55. The normalized spacial score (nSPS) is 10.5. The molecule has 0 atom stereocenters. The molecule has 5 nitrogen and oxygen atoms in total. The molecule has 25 heavy (non-hydrogen) atoms. The molecule has 1 heterocycles. The summed E-state index contributed by atoms with van der Waals surface area (Å²) in [5, 5.41) is 10.2. The van der Waals surface area contributed by atoms with Crippen LogP contribution in [0.4, 0.5) is 20.7 Å². The van der Waals surface area contributed by atoms with E-state index in [-0.39, 0.29) is 16.7 Å². The maximum absolute atomic E-state index is 13.2. The van der Waals surface area contributed by atoms with E-state index in [0.29, 0.717) is 17.3 Å². The predicted octanol–water partition coefficient (Wildman–Crippen LogP) is 5.02. The van der Waals surface area contributed by atoms with Crippen LogP contribution in [0.1, 0.15) is 5.56 Å². The van der Waals surface area contributed by atoms with Crippen molar-refractivity contribution in [3.63, 3.8) is 0 Å². The van der Waals surface area contributed by atoms with Crippen molar-refractivity contribution in [3.05, 3.63) is 76.2 Å². The molecule has 0 fully saturated rings. The Morgan fingerprint density at radius 1 is 1.12 bits per heavy atom. The van der Waals surface area contributed by atoms with Gasteiger partial charge in [-0.15, -0.1) is 0 Å². The van der Waals surface area contributed by atoms with Gasteiger partial charge in [-0.25, -0.2) is 9.18 Å². The van der Waals surface area contributed by atoms with Crippen LogP contribution in [0.2, 0.25) is 10.0 Å². The minimum absolute atomic E-state index is 0.206. The quantitative estimate of drug-likeness (QED) is 0.669. The molecule has 3 rings (SSSR count). The van der Waals surface area contributed by atoms with Crippen molar-refractivity contribution >= 4 is 40.7 Å². The van der Waals surface area contributed by atoms with Crippen LogP contribution in [0.25, 0.3) is 0 Å². The number of amides is 2. The fourth-order valence-electron chi connectivity index (χ4n) is 2.22. The lowest BCUT2D eigenvalue weighted by Gasteiger charge is -2.06. The monoisotopic (exact) mass is 378 g/mol. The third-order valence-electron chi connectivity index (χ3n) is 3.27. The molecule has 0 aliphatic heterocycles. The second-order valence-electron chi connectivity index (χ2n) is 5.24. The third-order valence-corrected chi connectivity index (χ3v) is 3.78. The number of nitrogens with one attached hydrogen (secondary N) is 2. The summed E-state index contributed by atoms with van der Waals surface area (Å²) in [5.74, 6) is -0.118. The van der Waals surface area contributed by atoms with Gasteiger partial charge in [0.25, 0.3) is 0 Å². The summed E-state index contributed by atoms with van der Waals surface area (Å²) in [6.07, 6.45) is 1.56. The van der Waals surface area contributed by atoms with Gasteiger partial charge in [0.2, 0.25) is 0 Å². The first kappa shape index (κ1) is 17.3. The van der Waals surface area contributed by atoms with Crippen molar-refractivity contribution in [2.45, 2.75) is 6.54 Å². The molecule has 8 heteroatoms. The summed E-state index contributed by atoms with van der Waals surface area (Å²) in [4.78, 5) is 12.0. The van der Waals surface area contributed by atoms with Crippen molar-refractivity contribution in [2.24, 2.45) is 0 Å². The average molecular weight is 379 g/mol. The number of halogens is 3. The highest BCUT2D eigenvalue weighted by atomic mass is 35.5. The summed E-state index contributed by atoms with van der Waals surface area (Å²) >= 11 is 12.0. The minimum Gasteiger partial charge on any atom is -0.308 e. The second-order valence-corrected chi connectivity index (χ2v) is 6.09. The summed E-state index contributed by atoms with van der Waals surface area (Å²) < 4.78 is 14.8. The third kappa shape index (κ3) is 4.71. The Kier molecular flexibility index (Phi) is 5.21. The number of nitrogens with zero attached hydrogens (tertiary/aromatic N) is 2. The molecular formula is C17H13Cl2FN4O. The van der Waals surface area contributed by atoms with E-state index in [0.717, 1.165) is 5.56 Å². The Morgan fingerprint density at radius 2 is 1.92 bits per heavy atom. The zero-order valence-corrected chi connectivity index (χ0v) is 14.4. The molecule has 0 saturated carbocycles. The van der Waals surface area contributed by atoms with E-state index in [1.807, 2.05) is 0 Å². The van der Waals surface area contributed by atoms with E-state index in [4.69, 9.17) is 23.2 Å². The van der Waals surface area contributed by atoms with Crippen molar-refractivity contribution < 1.29 is 9.18 Å². The van der Waals surface area contributed by atoms with Crippen LogP contribution in [0.5, 0.6) is 0 Å². The van der Waals surface area contributed by atoms with Crippen molar-refractivity contribution in [2.75, 3.05) is 10.6 Å². The number of hydrogen-bond donors (Lipinski definition) is 2. The number of urea groups is 1. The SMILES string of the molecule is O=C(Nc1cccc(Cl)c1)Nc1nn(Cc2cccc(F)c2)cc1Cl. The molecule has 2 amide bonds. The standard InChI is InChI=1S/C17H13Cl2FN4O/c18-12-4-2-6-14(8-12)21-17(25)22-16-15(19)10-24(23-16)9-11-3-1-5-13(20)7-11/h1-8,10H,9H2,(H2,21,22,23,25). The molecule has 3 aromatic rings. The number of anilines is 2. The summed E-state index contributed by atoms with van der Waals surface area (Å²) in [6.45, 7) is 0.328. The molecule has 128 valence electrons. The lowest BCUT2D eigenvalue weighted by Crippen LogP contribution is -2.20. The zero-order chi connectivity index (χ0) is 17.8. The molecule has 0 unspecified atom stereocenters. The van der Waals surface area contributed by atoms with Gasteiger partial charge in [0.05, 0.1) is 6.54 Å². The topological polar surface area (TPSA) is 59.0 Å². The number of benzene rings is 2. The maximum atomic E-state index is 13.2. The summed E-state index contributed by atoms with van der Waals surface area (Å²) in [5.41, 5.74) is 1.27. The molecule has 2 N–H and O–H groups in total. The number of hydrogen-bond acceptors (Lipinski definition) is 2. The van der Waals surface area contributed by atoms with Crippen molar-refractivity contribution in [1.29, 1.82) is 0 Å². The Morgan fingerprint density at radius 3 is 2.68 bits per heavy atom. The number of rotatable bonds is 4. The molecule has 0 saturated heterocycles. The molecule has 0 aliphatic carbocycles. The van der Waals surface area contributed by atoms with Gasteiger partial charge in [-0.3, -0.25) is 10.00 Å².